The summed E-state index contributed by atoms with van der Waals surface area (Å²) in [6.45, 7) is 0.822. The number of carbonyl (C=O) groups is 1. The number of carboxylic acids is 1. The number of rotatable bonds is 5. The van der Waals surface area contributed by atoms with Crippen molar-refractivity contribution < 1.29 is 15.0 Å². The Labute approximate surface area is 113 Å². The second-order valence-electron chi connectivity index (χ2n) is 5.44. The highest BCUT2D eigenvalue weighted by Crippen LogP contribution is 2.31. The van der Waals surface area contributed by atoms with Crippen LogP contribution in [0.4, 0.5) is 0 Å². The number of carboxylic acid groups (broad SMARTS) is 1. The molecule has 3 N–H and O–H groups in total. The van der Waals surface area contributed by atoms with Crippen molar-refractivity contribution in [2.75, 3.05) is 0 Å². The van der Waals surface area contributed by atoms with E-state index in [-0.39, 0.29) is 6.42 Å². The number of nitrogens with one attached hydrogen (secondary N) is 1. The quantitative estimate of drug-likeness (QED) is 0.759. The van der Waals surface area contributed by atoms with Gasteiger partial charge >= 0.3 is 5.97 Å². The molecule has 104 valence electrons. The average Bonchev–Trinajstić information content (AvgIpc) is 2.38. The Morgan fingerprint density at radius 2 is 1.89 bits per heavy atom. The van der Waals surface area contributed by atoms with Crippen molar-refractivity contribution in [2.45, 2.75) is 50.3 Å². The summed E-state index contributed by atoms with van der Waals surface area (Å²) in [5.41, 5.74) is 0.241. The summed E-state index contributed by atoms with van der Waals surface area (Å²) in [6.07, 6.45) is 2.64. The van der Waals surface area contributed by atoms with Crippen LogP contribution in [0.5, 0.6) is 0 Å². The Kier molecular flexibility index (Phi) is 4.56. The van der Waals surface area contributed by atoms with Crippen molar-refractivity contribution >= 4 is 5.97 Å². The lowest BCUT2D eigenvalue weighted by atomic mass is 9.80. The van der Waals surface area contributed by atoms with Crippen molar-refractivity contribution in [1.82, 2.24) is 5.32 Å². The molecular formula is C15H21NO3. The van der Waals surface area contributed by atoms with Crippen LogP contribution in [0.25, 0.3) is 0 Å². The maximum absolute atomic E-state index is 10.7. The zero-order chi connectivity index (χ0) is 13.7. The van der Waals surface area contributed by atoms with Gasteiger partial charge in [0.1, 0.15) is 0 Å². The zero-order valence-electron chi connectivity index (χ0n) is 11.0. The van der Waals surface area contributed by atoms with Gasteiger partial charge in [0.2, 0.25) is 0 Å². The van der Waals surface area contributed by atoms with Gasteiger partial charge in [0.15, 0.2) is 0 Å². The minimum absolute atomic E-state index is 0.140. The highest BCUT2D eigenvalue weighted by Gasteiger charge is 2.34. The molecule has 0 saturated heterocycles. The van der Waals surface area contributed by atoms with Crippen LogP contribution < -0.4 is 5.32 Å². The summed E-state index contributed by atoms with van der Waals surface area (Å²) in [6, 6.07) is 10.6. The van der Waals surface area contributed by atoms with Gasteiger partial charge in [-0.2, -0.15) is 0 Å². The molecule has 19 heavy (non-hydrogen) atoms. The predicted molar refractivity (Wildman–Crippen MR) is 72.7 cm³/mol. The second kappa shape index (κ2) is 6.17. The summed E-state index contributed by atoms with van der Waals surface area (Å²) < 4.78 is 0. The van der Waals surface area contributed by atoms with Crippen LogP contribution in [0, 0.1) is 0 Å². The molecule has 0 bridgehead atoms. The number of aliphatic carboxylic acids is 1. The molecule has 1 aliphatic carbocycles. The van der Waals surface area contributed by atoms with Crippen LogP contribution in [0.2, 0.25) is 0 Å². The largest absolute Gasteiger partial charge is 0.481 e. The predicted octanol–water partition coefficient (Wildman–Crippen LogP) is 1.92. The van der Waals surface area contributed by atoms with Gasteiger partial charge in [-0.3, -0.25) is 4.79 Å². The molecular weight excluding hydrogens is 242 g/mol. The van der Waals surface area contributed by atoms with Gasteiger partial charge in [-0.25, -0.2) is 0 Å². The molecule has 0 unspecified atom stereocenters. The lowest BCUT2D eigenvalue weighted by Gasteiger charge is -2.35. The summed E-state index contributed by atoms with van der Waals surface area (Å²) in [5.74, 6) is -0.918. The molecule has 1 aromatic rings. The van der Waals surface area contributed by atoms with Crippen LogP contribution in [0.1, 0.15) is 37.7 Å². The third kappa shape index (κ3) is 4.33. The van der Waals surface area contributed by atoms with Crippen molar-refractivity contribution in [2.24, 2.45) is 0 Å². The van der Waals surface area contributed by atoms with E-state index in [1.807, 2.05) is 18.2 Å². The molecule has 0 aliphatic heterocycles. The Morgan fingerprint density at radius 3 is 2.47 bits per heavy atom. The zero-order valence-corrected chi connectivity index (χ0v) is 11.0. The molecule has 0 spiro atoms. The normalized spacial score (nSPS) is 27.1. The first kappa shape index (κ1) is 14.0. The highest BCUT2D eigenvalue weighted by molar-refractivity contribution is 5.68. The number of hydrogen-bond acceptors (Lipinski definition) is 3. The minimum atomic E-state index is -1.00. The summed E-state index contributed by atoms with van der Waals surface area (Å²) in [4.78, 5) is 10.7. The maximum Gasteiger partial charge on any atom is 0.306 e. The van der Waals surface area contributed by atoms with Crippen LogP contribution in [0.15, 0.2) is 30.3 Å². The molecule has 0 heterocycles. The Morgan fingerprint density at radius 1 is 1.26 bits per heavy atom. The monoisotopic (exact) mass is 263 g/mol. The fraction of sp³-hybridized carbons (Fsp3) is 0.533. The fourth-order valence-electron chi connectivity index (χ4n) is 2.68. The van der Waals surface area contributed by atoms with Crippen molar-refractivity contribution in [3.63, 3.8) is 0 Å². The van der Waals surface area contributed by atoms with Gasteiger partial charge in [-0.05, 0) is 31.2 Å². The van der Waals surface area contributed by atoms with Gasteiger partial charge in [0.25, 0.3) is 0 Å². The van der Waals surface area contributed by atoms with Crippen molar-refractivity contribution in [3.8, 4) is 0 Å². The number of benzene rings is 1. The standard InChI is InChI=1S/C15H21NO3/c17-14(18)10-15(19)8-6-13(7-9-15)16-11-12-4-2-1-3-5-12/h1-5,13,16,19H,6-11H2,(H,17,18). The first-order chi connectivity index (χ1) is 9.07. The van der Waals surface area contributed by atoms with E-state index in [4.69, 9.17) is 5.11 Å². The molecule has 1 fully saturated rings. The minimum Gasteiger partial charge on any atom is -0.481 e. The SMILES string of the molecule is O=C(O)CC1(O)CCC(NCc2ccccc2)CC1. The molecule has 4 nitrogen and oxygen atoms in total. The number of aliphatic hydroxyl groups is 1. The van der Waals surface area contributed by atoms with Gasteiger partial charge in [-0.15, -0.1) is 0 Å². The van der Waals surface area contributed by atoms with Crippen LogP contribution in [-0.2, 0) is 11.3 Å². The molecule has 0 radical (unpaired) electrons. The van der Waals surface area contributed by atoms with Gasteiger partial charge in [0.05, 0.1) is 12.0 Å². The van der Waals surface area contributed by atoms with E-state index < -0.39 is 11.6 Å². The molecule has 1 aromatic carbocycles. The summed E-state index contributed by atoms with van der Waals surface area (Å²) >= 11 is 0. The number of hydrogen-bond donors (Lipinski definition) is 3. The Bertz CT molecular complexity index is 411. The molecule has 4 heteroatoms. The third-order valence-electron chi connectivity index (χ3n) is 3.83. The molecule has 0 amide bonds. The van der Waals surface area contributed by atoms with Crippen LogP contribution in [-0.4, -0.2) is 27.8 Å². The lowest BCUT2D eigenvalue weighted by molar-refractivity contribution is -0.144. The molecule has 1 saturated carbocycles. The van der Waals surface area contributed by atoms with E-state index in [0.29, 0.717) is 18.9 Å². The Hall–Kier alpha value is -1.39. The highest BCUT2D eigenvalue weighted by atomic mass is 16.4. The second-order valence-corrected chi connectivity index (χ2v) is 5.44. The van der Waals surface area contributed by atoms with Crippen LogP contribution in [0.3, 0.4) is 0 Å². The molecule has 2 rings (SSSR count). The molecule has 0 atom stereocenters. The van der Waals surface area contributed by atoms with E-state index in [2.05, 4.69) is 17.4 Å². The third-order valence-corrected chi connectivity index (χ3v) is 3.83. The van der Waals surface area contributed by atoms with Crippen LogP contribution >= 0.6 is 0 Å². The first-order valence-electron chi connectivity index (χ1n) is 6.79. The van der Waals surface area contributed by atoms with Crippen molar-refractivity contribution in [3.05, 3.63) is 35.9 Å². The van der Waals surface area contributed by atoms with E-state index in [1.54, 1.807) is 0 Å². The first-order valence-corrected chi connectivity index (χ1v) is 6.79. The van der Waals surface area contributed by atoms with E-state index in [0.717, 1.165) is 19.4 Å². The van der Waals surface area contributed by atoms with Gasteiger partial charge < -0.3 is 15.5 Å². The fourth-order valence-corrected chi connectivity index (χ4v) is 2.68. The van der Waals surface area contributed by atoms with E-state index in [9.17, 15) is 9.90 Å². The van der Waals surface area contributed by atoms with Crippen molar-refractivity contribution in [1.29, 1.82) is 0 Å². The van der Waals surface area contributed by atoms with Gasteiger partial charge in [-0.1, -0.05) is 30.3 Å². The summed E-state index contributed by atoms with van der Waals surface area (Å²) in [5, 5.41) is 22.4. The topological polar surface area (TPSA) is 69.6 Å². The smallest absolute Gasteiger partial charge is 0.306 e. The maximum atomic E-state index is 10.7. The van der Waals surface area contributed by atoms with E-state index >= 15 is 0 Å². The molecule has 1 aliphatic rings. The lowest BCUT2D eigenvalue weighted by Crippen LogP contribution is -2.42. The van der Waals surface area contributed by atoms with E-state index in [1.165, 1.54) is 5.56 Å². The molecule has 0 aromatic heterocycles. The average molecular weight is 263 g/mol. The summed E-state index contributed by atoms with van der Waals surface area (Å²) in [7, 11) is 0. The van der Waals surface area contributed by atoms with Gasteiger partial charge in [0, 0.05) is 12.6 Å². The Balaban J connectivity index is 1.76.